The summed E-state index contributed by atoms with van der Waals surface area (Å²) in [7, 11) is 1.29. The molecule has 1 aromatic rings. The highest BCUT2D eigenvalue weighted by molar-refractivity contribution is 5.88. The van der Waals surface area contributed by atoms with Crippen LogP contribution in [0, 0.1) is 18.3 Å². The van der Waals surface area contributed by atoms with Gasteiger partial charge in [-0.15, -0.1) is 0 Å². The number of carbonyl (C=O) groups is 1. The van der Waals surface area contributed by atoms with Gasteiger partial charge in [0.2, 0.25) is 0 Å². The molecule has 4 nitrogen and oxygen atoms in total. The molecule has 0 aliphatic carbocycles. The monoisotopic (exact) mass is 190 g/mol. The predicted octanol–water partition coefficient (Wildman–Crippen LogP) is 1.24. The Hall–Kier alpha value is -1.89. The van der Waals surface area contributed by atoms with Crippen molar-refractivity contribution in [3.8, 4) is 6.07 Å². The number of ether oxygens (including phenoxy) is 1. The van der Waals surface area contributed by atoms with E-state index < -0.39 is 5.97 Å². The van der Waals surface area contributed by atoms with Gasteiger partial charge < -0.3 is 4.74 Å². The second kappa shape index (κ2) is 4.38. The third kappa shape index (κ3) is 2.07. The van der Waals surface area contributed by atoms with Gasteiger partial charge in [0.25, 0.3) is 0 Å². The van der Waals surface area contributed by atoms with Gasteiger partial charge >= 0.3 is 5.97 Å². The van der Waals surface area contributed by atoms with E-state index in [1.165, 1.54) is 7.11 Å². The summed E-state index contributed by atoms with van der Waals surface area (Å²) >= 11 is 0. The molecule has 0 amide bonds. The molecule has 0 saturated carbocycles. The first-order chi connectivity index (χ1) is 6.69. The molecular weight excluding hydrogens is 180 g/mol. The van der Waals surface area contributed by atoms with E-state index in [2.05, 4.69) is 9.72 Å². The first-order valence-electron chi connectivity index (χ1n) is 4.11. The Morgan fingerprint density at radius 2 is 2.36 bits per heavy atom. The third-order valence-electron chi connectivity index (χ3n) is 1.77. The number of nitriles is 1. The lowest BCUT2D eigenvalue weighted by atomic mass is 10.1. The number of methoxy groups -OCH3 is 1. The second-order valence-electron chi connectivity index (χ2n) is 2.79. The van der Waals surface area contributed by atoms with E-state index in [1.807, 2.05) is 6.07 Å². The number of nitrogens with zero attached hydrogens (tertiary/aromatic N) is 2. The van der Waals surface area contributed by atoms with E-state index in [0.717, 1.165) is 5.69 Å². The van der Waals surface area contributed by atoms with Crippen LogP contribution >= 0.6 is 0 Å². The highest BCUT2D eigenvalue weighted by Gasteiger charge is 2.13. The molecule has 0 fully saturated rings. The van der Waals surface area contributed by atoms with Gasteiger partial charge in [0.05, 0.1) is 19.6 Å². The SMILES string of the molecule is COC(=O)c1nc(C)ccc1CC#N. The first-order valence-corrected chi connectivity index (χ1v) is 4.11. The van der Waals surface area contributed by atoms with Crippen LogP contribution < -0.4 is 0 Å². The lowest BCUT2D eigenvalue weighted by molar-refractivity contribution is 0.0592. The van der Waals surface area contributed by atoms with Crippen LogP contribution in [0.1, 0.15) is 21.7 Å². The molecular formula is C10H10N2O2. The molecule has 72 valence electrons. The van der Waals surface area contributed by atoms with Crippen LogP contribution in [-0.4, -0.2) is 18.1 Å². The minimum atomic E-state index is -0.501. The molecule has 1 rings (SSSR count). The maximum absolute atomic E-state index is 11.3. The summed E-state index contributed by atoms with van der Waals surface area (Å²) in [6.07, 6.45) is 0.164. The van der Waals surface area contributed by atoms with Crippen molar-refractivity contribution in [2.45, 2.75) is 13.3 Å². The number of aromatic nitrogens is 1. The summed E-state index contributed by atoms with van der Waals surface area (Å²) in [5.41, 5.74) is 1.56. The molecule has 0 radical (unpaired) electrons. The van der Waals surface area contributed by atoms with E-state index in [0.29, 0.717) is 5.56 Å². The quantitative estimate of drug-likeness (QED) is 0.658. The van der Waals surface area contributed by atoms with Gasteiger partial charge in [-0.05, 0) is 18.6 Å². The fourth-order valence-electron chi connectivity index (χ4n) is 1.09. The summed E-state index contributed by atoms with van der Waals surface area (Å²) in [5.74, 6) is -0.501. The van der Waals surface area contributed by atoms with Gasteiger partial charge in [-0.1, -0.05) is 6.07 Å². The maximum atomic E-state index is 11.3. The van der Waals surface area contributed by atoms with Crippen LogP contribution in [0.2, 0.25) is 0 Å². The van der Waals surface area contributed by atoms with Crippen molar-refractivity contribution in [1.29, 1.82) is 5.26 Å². The van der Waals surface area contributed by atoms with Crippen molar-refractivity contribution in [1.82, 2.24) is 4.98 Å². The second-order valence-corrected chi connectivity index (χ2v) is 2.79. The average molecular weight is 190 g/mol. The molecule has 0 spiro atoms. The maximum Gasteiger partial charge on any atom is 0.356 e. The molecule has 0 aromatic carbocycles. The van der Waals surface area contributed by atoms with Gasteiger partial charge in [-0.25, -0.2) is 9.78 Å². The normalized spacial score (nSPS) is 9.21. The Balaban J connectivity index is 3.16. The zero-order valence-corrected chi connectivity index (χ0v) is 8.07. The van der Waals surface area contributed by atoms with Gasteiger partial charge in [-0.3, -0.25) is 0 Å². The molecule has 4 heteroatoms. The molecule has 0 saturated heterocycles. The van der Waals surface area contributed by atoms with Gasteiger partial charge in [0.15, 0.2) is 5.69 Å². The average Bonchev–Trinajstić information content (AvgIpc) is 2.20. The summed E-state index contributed by atoms with van der Waals surface area (Å²) in [5, 5.41) is 8.54. The van der Waals surface area contributed by atoms with Crippen molar-refractivity contribution in [2.75, 3.05) is 7.11 Å². The summed E-state index contributed by atoms with van der Waals surface area (Å²) in [6.45, 7) is 1.78. The summed E-state index contributed by atoms with van der Waals surface area (Å²) in [6, 6.07) is 5.46. The van der Waals surface area contributed by atoms with E-state index in [1.54, 1.807) is 19.1 Å². The highest BCUT2D eigenvalue weighted by Crippen LogP contribution is 2.09. The van der Waals surface area contributed by atoms with Crippen LogP contribution in [0.3, 0.4) is 0 Å². The number of pyridine rings is 1. The predicted molar refractivity (Wildman–Crippen MR) is 49.6 cm³/mol. The largest absolute Gasteiger partial charge is 0.464 e. The van der Waals surface area contributed by atoms with Gasteiger partial charge in [-0.2, -0.15) is 5.26 Å². The minimum absolute atomic E-state index is 0.164. The van der Waals surface area contributed by atoms with Crippen molar-refractivity contribution < 1.29 is 9.53 Å². The van der Waals surface area contributed by atoms with Gasteiger partial charge in [0, 0.05) is 5.69 Å². The van der Waals surface area contributed by atoms with Gasteiger partial charge in [0.1, 0.15) is 0 Å². The molecule has 0 unspecified atom stereocenters. The van der Waals surface area contributed by atoms with E-state index in [-0.39, 0.29) is 12.1 Å². The Morgan fingerprint density at radius 3 is 2.93 bits per heavy atom. The molecule has 0 aliphatic heterocycles. The molecule has 0 bridgehead atoms. The molecule has 14 heavy (non-hydrogen) atoms. The zero-order valence-electron chi connectivity index (χ0n) is 8.07. The van der Waals surface area contributed by atoms with Crippen molar-refractivity contribution in [2.24, 2.45) is 0 Å². The lowest BCUT2D eigenvalue weighted by Gasteiger charge is -2.04. The smallest absolute Gasteiger partial charge is 0.356 e. The van der Waals surface area contributed by atoms with Crippen LogP contribution in [0.25, 0.3) is 0 Å². The Morgan fingerprint density at radius 1 is 1.64 bits per heavy atom. The topological polar surface area (TPSA) is 63.0 Å². The molecule has 1 heterocycles. The van der Waals surface area contributed by atoms with Crippen LogP contribution in [0.5, 0.6) is 0 Å². The minimum Gasteiger partial charge on any atom is -0.464 e. The molecule has 0 N–H and O–H groups in total. The summed E-state index contributed by atoms with van der Waals surface area (Å²) < 4.78 is 4.57. The van der Waals surface area contributed by atoms with E-state index >= 15 is 0 Å². The number of aryl methyl sites for hydroxylation is 1. The third-order valence-corrected chi connectivity index (χ3v) is 1.77. The Bertz CT molecular complexity index is 394. The number of rotatable bonds is 2. The fraction of sp³-hybridized carbons (Fsp3) is 0.300. The Labute approximate surface area is 82.1 Å². The number of esters is 1. The summed E-state index contributed by atoms with van der Waals surface area (Å²) in [4.78, 5) is 15.3. The van der Waals surface area contributed by atoms with Crippen molar-refractivity contribution >= 4 is 5.97 Å². The zero-order chi connectivity index (χ0) is 10.6. The fourth-order valence-corrected chi connectivity index (χ4v) is 1.09. The van der Waals surface area contributed by atoms with E-state index in [4.69, 9.17) is 5.26 Å². The van der Waals surface area contributed by atoms with Crippen molar-refractivity contribution in [3.05, 3.63) is 29.1 Å². The molecule has 0 atom stereocenters. The van der Waals surface area contributed by atoms with Crippen LogP contribution in [-0.2, 0) is 11.2 Å². The number of hydrogen-bond acceptors (Lipinski definition) is 4. The highest BCUT2D eigenvalue weighted by atomic mass is 16.5. The molecule has 1 aromatic heterocycles. The lowest BCUT2D eigenvalue weighted by Crippen LogP contribution is -2.09. The molecule has 0 aliphatic rings. The standard InChI is InChI=1S/C10H10N2O2/c1-7-3-4-8(5-6-11)9(12-7)10(13)14-2/h3-4H,5H2,1-2H3. The Kier molecular flexibility index (Phi) is 3.19. The van der Waals surface area contributed by atoms with Crippen LogP contribution in [0.15, 0.2) is 12.1 Å². The van der Waals surface area contributed by atoms with Crippen molar-refractivity contribution in [3.63, 3.8) is 0 Å². The number of hydrogen-bond donors (Lipinski definition) is 0. The first kappa shape index (κ1) is 10.2. The number of carbonyl (C=O) groups excluding carboxylic acids is 1. The van der Waals surface area contributed by atoms with Crippen LogP contribution in [0.4, 0.5) is 0 Å². The van der Waals surface area contributed by atoms with E-state index in [9.17, 15) is 4.79 Å².